The molecule has 3 rings (SSSR count). The minimum Gasteiger partial charge on any atom is -0.493 e. The summed E-state index contributed by atoms with van der Waals surface area (Å²) in [6.07, 6.45) is 1.74. The first-order valence-electron chi connectivity index (χ1n) is 8.59. The number of aryl methyl sites for hydroxylation is 1. The minimum absolute atomic E-state index is 0.134. The fraction of sp³-hybridized carbons (Fsp3) is 0.190. The number of ether oxygens (including phenoxy) is 3. The molecule has 0 atom stereocenters. The Morgan fingerprint density at radius 2 is 2.04 bits per heavy atom. The Bertz CT molecular complexity index is 1010. The topological polar surface area (TPSA) is 74.2 Å². The van der Waals surface area contributed by atoms with Crippen LogP contribution in [0.3, 0.4) is 0 Å². The second kappa shape index (κ2) is 8.27. The smallest absolute Gasteiger partial charge is 0.363 e. The summed E-state index contributed by atoms with van der Waals surface area (Å²) >= 11 is 6.24. The van der Waals surface area contributed by atoms with Crippen molar-refractivity contribution in [1.29, 1.82) is 0 Å². The van der Waals surface area contributed by atoms with Crippen LogP contribution < -0.4 is 9.47 Å². The summed E-state index contributed by atoms with van der Waals surface area (Å²) in [5, 5.41) is 0.183. The molecular weight excluding hydrogens is 382 g/mol. The molecule has 0 saturated heterocycles. The Labute approximate surface area is 167 Å². The quantitative estimate of drug-likeness (QED) is 0.425. The van der Waals surface area contributed by atoms with Gasteiger partial charge in [0.25, 0.3) is 0 Å². The SMILES string of the molecule is CCC(=O)Oc1c(Cl)cc(/C=C2\N=C(c3ccccc3C)OC2=O)cc1OC. The lowest BCUT2D eigenvalue weighted by atomic mass is 10.1. The first-order valence-corrected chi connectivity index (χ1v) is 8.97. The number of carbonyl (C=O) groups is 2. The number of benzene rings is 2. The van der Waals surface area contributed by atoms with E-state index in [1.807, 2.05) is 31.2 Å². The molecule has 7 heteroatoms. The highest BCUT2D eigenvalue weighted by Gasteiger charge is 2.25. The zero-order valence-corrected chi connectivity index (χ0v) is 16.4. The summed E-state index contributed by atoms with van der Waals surface area (Å²) in [5.74, 6) is -0.333. The van der Waals surface area contributed by atoms with Crippen LogP contribution in [0.1, 0.15) is 30.0 Å². The molecule has 0 saturated carbocycles. The van der Waals surface area contributed by atoms with Crippen molar-refractivity contribution in [3.8, 4) is 11.5 Å². The van der Waals surface area contributed by atoms with E-state index in [-0.39, 0.29) is 34.5 Å². The van der Waals surface area contributed by atoms with Gasteiger partial charge in [0.15, 0.2) is 17.2 Å². The van der Waals surface area contributed by atoms with E-state index in [9.17, 15) is 9.59 Å². The maximum Gasteiger partial charge on any atom is 0.363 e. The zero-order valence-electron chi connectivity index (χ0n) is 15.6. The second-order valence-corrected chi connectivity index (χ2v) is 6.42. The molecule has 2 aromatic carbocycles. The average Bonchev–Trinajstić information content (AvgIpc) is 3.03. The van der Waals surface area contributed by atoms with Gasteiger partial charge in [-0.15, -0.1) is 0 Å². The van der Waals surface area contributed by atoms with Crippen molar-refractivity contribution in [2.45, 2.75) is 20.3 Å². The Kier molecular flexibility index (Phi) is 5.80. The number of rotatable bonds is 5. The lowest BCUT2D eigenvalue weighted by Gasteiger charge is -2.11. The Morgan fingerprint density at radius 3 is 2.71 bits per heavy atom. The van der Waals surface area contributed by atoms with E-state index in [4.69, 9.17) is 25.8 Å². The lowest BCUT2D eigenvalue weighted by Crippen LogP contribution is -2.07. The Balaban J connectivity index is 1.97. The van der Waals surface area contributed by atoms with Gasteiger partial charge in [0.1, 0.15) is 0 Å². The summed E-state index contributed by atoms with van der Waals surface area (Å²) in [4.78, 5) is 28.1. The van der Waals surface area contributed by atoms with Crippen molar-refractivity contribution in [3.05, 3.63) is 63.8 Å². The summed E-state index contributed by atoms with van der Waals surface area (Å²) in [6.45, 7) is 3.59. The predicted octanol–water partition coefficient (Wildman–Crippen LogP) is 4.32. The number of esters is 2. The number of hydrogen-bond acceptors (Lipinski definition) is 6. The lowest BCUT2D eigenvalue weighted by molar-refractivity contribution is -0.134. The third-order valence-corrected chi connectivity index (χ3v) is 4.34. The van der Waals surface area contributed by atoms with Gasteiger partial charge in [-0.3, -0.25) is 4.79 Å². The zero-order chi connectivity index (χ0) is 20.3. The Morgan fingerprint density at radius 1 is 1.29 bits per heavy atom. The molecular formula is C21H18ClNO5. The number of aliphatic imine (C=N–C) groups is 1. The molecule has 0 unspecified atom stereocenters. The van der Waals surface area contributed by atoms with Crippen molar-refractivity contribution < 1.29 is 23.8 Å². The molecule has 2 aromatic rings. The molecule has 0 aromatic heterocycles. The van der Waals surface area contributed by atoms with Gasteiger partial charge < -0.3 is 14.2 Å². The molecule has 28 heavy (non-hydrogen) atoms. The molecule has 0 bridgehead atoms. The number of halogens is 1. The van der Waals surface area contributed by atoms with Crippen LogP contribution >= 0.6 is 11.6 Å². The van der Waals surface area contributed by atoms with Crippen LogP contribution in [0, 0.1) is 6.92 Å². The van der Waals surface area contributed by atoms with Gasteiger partial charge in [-0.05, 0) is 42.3 Å². The van der Waals surface area contributed by atoms with E-state index in [1.165, 1.54) is 13.2 Å². The third kappa shape index (κ3) is 4.07. The fourth-order valence-electron chi connectivity index (χ4n) is 2.60. The summed E-state index contributed by atoms with van der Waals surface area (Å²) < 4.78 is 15.8. The van der Waals surface area contributed by atoms with Crippen LogP contribution in [0.25, 0.3) is 6.08 Å². The monoisotopic (exact) mass is 399 g/mol. The van der Waals surface area contributed by atoms with Gasteiger partial charge in [0.2, 0.25) is 5.90 Å². The molecule has 0 aliphatic carbocycles. The van der Waals surface area contributed by atoms with Crippen molar-refractivity contribution >= 4 is 35.5 Å². The van der Waals surface area contributed by atoms with Gasteiger partial charge in [-0.25, -0.2) is 9.79 Å². The molecule has 144 valence electrons. The largest absolute Gasteiger partial charge is 0.493 e. The number of hydrogen-bond donors (Lipinski definition) is 0. The van der Waals surface area contributed by atoms with E-state index >= 15 is 0 Å². The van der Waals surface area contributed by atoms with Crippen LogP contribution in [-0.4, -0.2) is 24.9 Å². The predicted molar refractivity (Wildman–Crippen MR) is 106 cm³/mol. The molecule has 1 aliphatic heterocycles. The highest BCUT2D eigenvalue weighted by atomic mass is 35.5. The van der Waals surface area contributed by atoms with Crippen molar-refractivity contribution in [3.63, 3.8) is 0 Å². The van der Waals surface area contributed by atoms with Crippen LogP contribution in [0.2, 0.25) is 5.02 Å². The molecule has 0 N–H and O–H groups in total. The van der Waals surface area contributed by atoms with Gasteiger partial charge in [0, 0.05) is 12.0 Å². The molecule has 6 nitrogen and oxygen atoms in total. The molecule has 0 spiro atoms. The number of carbonyl (C=O) groups excluding carboxylic acids is 2. The van der Waals surface area contributed by atoms with Crippen molar-refractivity contribution in [1.82, 2.24) is 0 Å². The van der Waals surface area contributed by atoms with E-state index in [1.54, 1.807) is 19.1 Å². The second-order valence-electron chi connectivity index (χ2n) is 6.01. The fourth-order valence-corrected chi connectivity index (χ4v) is 2.86. The number of nitrogens with zero attached hydrogens (tertiary/aromatic N) is 1. The maximum atomic E-state index is 12.2. The van der Waals surface area contributed by atoms with Gasteiger partial charge in [0.05, 0.1) is 12.1 Å². The Hall–Kier alpha value is -3.12. The number of cyclic esters (lactones) is 1. The van der Waals surface area contributed by atoms with Gasteiger partial charge in [-0.1, -0.05) is 36.7 Å². The first-order chi connectivity index (χ1) is 13.4. The summed E-state index contributed by atoms with van der Waals surface area (Å²) in [5.41, 5.74) is 2.38. The number of methoxy groups -OCH3 is 1. The van der Waals surface area contributed by atoms with Crippen LogP contribution in [-0.2, 0) is 14.3 Å². The molecule has 1 heterocycles. The van der Waals surface area contributed by atoms with Crippen LogP contribution in [0.4, 0.5) is 0 Å². The normalized spacial score (nSPS) is 14.6. The third-order valence-electron chi connectivity index (χ3n) is 4.06. The van der Waals surface area contributed by atoms with E-state index < -0.39 is 11.9 Å². The average molecular weight is 400 g/mol. The molecule has 0 fully saturated rings. The highest BCUT2D eigenvalue weighted by molar-refractivity contribution is 6.32. The van der Waals surface area contributed by atoms with Crippen LogP contribution in [0.15, 0.2) is 47.1 Å². The highest BCUT2D eigenvalue weighted by Crippen LogP contribution is 2.37. The standard InChI is InChI=1S/C21H18ClNO5/c1-4-18(24)27-19-15(22)9-13(11-17(19)26-3)10-16-21(25)28-20(23-16)14-8-6-5-7-12(14)2/h5-11H,4H2,1-3H3/b16-10-. The molecule has 0 amide bonds. The molecule has 1 aliphatic rings. The van der Waals surface area contributed by atoms with Crippen molar-refractivity contribution in [2.24, 2.45) is 4.99 Å². The van der Waals surface area contributed by atoms with Gasteiger partial charge >= 0.3 is 11.9 Å². The van der Waals surface area contributed by atoms with Gasteiger partial charge in [-0.2, -0.15) is 0 Å². The van der Waals surface area contributed by atoms with Crippen LogP contribution in [0.5, 0.6) is 11.5 Å². The first kappa shape index (κ1) is 19.6. The van der Waals surface area contributed by atoms with Crippen molar-refractivity contribution in [2.75, 3.05) is 7.11 Å². The van der Waals surface area contributed by atoms with E-state index in [2.05, 4.69) is 4.99 Å². The molecule has 0 radical (unpaired) electrons. The minimum atomic E-state index is -0.560. The summed E-state index contributed by atoms with van der Waals surface area (Å²) in [7, 11) is 1.43. The summed E-state index contributed by atoms with van der Waals surface area (Å²) in [6, 6.07) is 10.7. The van der Waals surface area contributed by atoms with E-state index in [0.717, 1.165) is 11.1 Å². The van der Waals surface area contributed by atoms with E-state index in [0.29, 0.717) is 5.56 Å². The maximum absolute atomic E-state index is 12.2.